The fourth-order valence-electron chi connectivity index (χ4n) is 3.77. The molecular weight excluding hydrogens is 362 g/mol. The van der Waals surface area contributed by atoms with Gasteiger partial charge in [0.25, 0.3) is 5.91 Å². The van der Waals surface area contributed by atoms with Crippen molar-refractivity contribution in [3.63, 3.8) is 0 Å². The number of hydrogen-bond acceptors (Lipinski definition) is 6. The molecule has 142 valence electrons. The van der Waals surface area contributed by atoms with Gasteiger partial charge in [-0.25, -0.2) is 4.98 Å². The molecule has 2 N–H and O–H groups in total. The van der Waals surface area contributed by atoms with Crippen molar-refractivity contribution in [2.45, 2.75) is 18.9 Å². The van der Waals surface area contributed by atoms with E-state index >= 15 is 0 Å². The highest BCUT2D eigenvalue weighted by Gasteiger charge is 2.31. The zero-order chi connectivity index (χ0) is 18.8. The minimum atomic E-state index is -0.118. The van der Waals surface area contributed by atoms with E-state index in [1.807, 2.05) is 30.1 Å². The number of carbonyl (C=O) groups excluding carboxylic acids is 1. The number of hydrogen-bond donors (Lipinski definition) is 2. The standard InChI is InChI=1S/C19H23N5O2S/c1-23-14(4-7-22-23)12-24-9-5-13(11-24)16-15-3-2-6-21-19(15)27-17(16)18(26)20-8-10-25/h2-4,6-7,13,25H,5,8-12H2,1H3,(H,20,26). The zero-order valence-electron chi connectivity index (χ0n) is 15.3. The minimum absolute atomic E-state index is 0.0634. The number of nitrogens with one attached hydrogen (secondary N) is 1. The highest BCUT2D eigenvalue weighted by atomic mass is 32.1. The molecule has 1 amide bonds. The van der Waals surface area contributed by atoms with Crippen molar-refractivity contribution in [3.05, 3.63) is 46.7 Å². The molecule has 7 nitrogen and oxygen atoms in total. The van der Waals surface area contributed by atoms with E-state index in [1.165, 1.54) is 17.0 Å². The predicted octanol–water partition coefficient (Wildman–Crippen LogP) is 1.74. The Kier molecular flexibility index (Phi) is 5.20. The first-order chi connectivity index (χ1) is 13.2. The molecule has 0 spiro atoms. The number of aliphatic hydroxyl groups is 1. The molecule has 0 aromatic carbocycles. The normalized spacial score (nSPS) is 17.6. The molecule has 8 heteroatoms. The van der Waals surface area contributed by atoms with Crippen LogP contribution in [0.3, 0.4) is 0 Å². The van der Waals surface area contributed by atoms with Crippen LogP contribution in [0.1, 0.15) is 33.3 Å². The maximum Gasteiger partial charge on any atom is 0.261 e. The Labute approximate surface area is 161 Å². The molecule has 1 aliphatic rings. The predicted molar refractivity (Wildman–Crippen MR) is 105 cm³/mol. The number of amides is 1. The van der Waals surface area contributed by atoms with Gasteiger partial charge >= 0.3 is 0 Å². The first-order valence-corrected chi connectivity index (χ1v) is 9.94. The number of thiophene rings is 1. The van der Waals surface area contributed by atoms with Gasteiger partial charge in [-0.05, 0) is 30.7 Å². The summed E-state index contributed by atoms with van der Waals surface area (Å²) in [4.78, 5) is 21.2. The second-order valence-corrected chi connectivity index (χ2v) is 7.85. The summed E-state index contributed by atoms with van der Waals surface area (Å²) < 4.78 is 1.91. The van der Waals surface area contributed by atoms with Crippen LogP contribution in [0.4, 0.5) is 0 Å². The SMILES string of the molecule is Cn1nccc1CN1CCC(c2c(C(=O)NCCO)sc3ncccc23)C1. The fourth-order valence-corrected chi connectivity index (χ4v) is 4.92. The number of rotatable bonds is 6. The Morgan fingerprint density at radius 2 is 2.30 bits per heavy atom. The van der Waals surface area contributed by atoms with Gasteiger partial charge in [0.15, 0.2) is 0 Å². The van der Waals surface area contributed by atoms with Gasteiger partial charge in [0.05, 0.1) is 17.2 Å². The highest BCUT2D eigenvalue weighted by molar-refractivity contribution is 7.20. The second kappa shape index (κ2) is 7.75. The maximum atomic E-state index is 12.7. The molecular formula is C19H23N5O2S. The number of aryl methyl sites for hydroxylation is 1. The number of nitrogens with zero attached hydrogens (tertiary/aromatic N) is 4. The zero-order valence-corrected chi connectivity index (χ0v) is 16.1. The number of aliphatic hydroxyl groups excluding tert-OH is 1. The molecule has 1 aliphatic heterocycles. The maximum absolute atomic E-state index is 12.7. The molecule has 1 fully saturated rings. The molecule has 27 heavy (non-hydrogen) atoms. The summed E-state index contributed by atoms with van der Waals surface area (Å²) in [6, 6.07) is 6.03. The van der Waals surface area contributed by atoms with Crippen LogP contribution in [0.5, 0.6) is 0 Å². The first-order valence-electron chi connectivity index (χ1n) is 9.13. The van der Waals surface area contributed by atoms with Crippen molar-refractivity contribution in [2.24, 2.45) is 7.05 Å². The van der Waals surface area contributed by atoms with E-state index in [9.17, 15) is 4.79 Å². The Morgan fingerprint density at radius 1 is 1.41 bits per heavy atom. The lowest BCUT2D eigenvalue weighted by atomic mass is 9.95. The quantitative estimate of drug-likeness (QED) is 0.675. The summed E-state index contributed by atoms with van der Waals surface area (Å²) in [7, 11) is 1.96. The van der Waals surface area contributed by atoms with Crippen LogP contribution in [0.2, 0.25) is 0 Å². The van der Waals surface area contributed by atoms with Crippen LogP contribution in [-0.4, -0.2) is 56.9 Å². The lowest BCUT2D eigenvalue weighted by molar-refractivity contribution is 0.0947. The van der Waals surface area contributed by atoms with Crippen molar-refractivity contribution in [3.8, 4) is 0 Å². The highest BCUT2D eigenvalue weighted by Crippen LogP contribution is 2.39. The Balaban J connectivity index is 1.60. The average molecular weight is 385 g/mol. The lowest BCUT2D eigenvalue weighted by Crippen LogP contribution is -2.27. The van der Waals surface area contributed by atoms with E-state index in [0.717, 1.165) is 46.7 Å². The molecule has 4 rings (SSSR count). The smallest absolute Gasteiger partial charge is 0.261 e. The van der Waals surface area contributed by atoms with Crippen LogP contribution in [0, 0.1) is 0 Å². The van der Waals surface area contributed by atoms with E-state index < -0.39 is 0 Å². The van der Waals surface area contributed by atoms with Gasteiger partial charge < -0.3 is 10.4 Å². The van der Waals surface area contributed by atoms with E-state index in [4.69, 9.17) is 5.11 Å². The van der Waals surface area contributed by atoms with Gasteiger partial charge in [0.1, 0.15) is 4.83 Å². The number of carbonyl (C=O) groups is 1. The Hall–Kier alpha value is -2.29. The molecule has 0 aliphatic carbocycles. The van der Waals surface area contributed by atoms with Gasteiger partial charge in [-0.3, -0.25) is 14.4 Å². The van der Waals surface area contributed by atoms with Gasteiger partial charge in [-0.1, -0.05) is 6.07 Å². The molecule has 0 bridgehead atoms. The molecule has 0 radical (unpaired) electrons. The number of fused-ring (bicyclic) bond motifs is 1. The van der Waals surface area contributed by atoms with Crippen LogP contribution < -0.4 is 5.32 Å². The molecule has 4 heterocycles. The van der Waals surface area contributed by atoms with Crippen LogP contribution in [0.15, 0.2) is 30.6 Å². The number of likely N-dealkylation sites (tertiary alicyclic amines) is 1. The van der Waals surface area contributed by atoms with Crippen molar-refractivity contribution in [1.29, 1.82) is 0 Å². The lowest BCUT2D eigenvalue weighted by Gasteiger charge is -2.17. The van der Waals surface area contributed by atoms with Gasteiger partial charge in [-0.2, -0.15) is 5.10 Å². The fraction of sp³-hybridized carbons (Fsp3) is 0.421. The van der Waals surface area contributed by atoms with E-state index in [0.29, 0.717) is 5.92 Å². The van der Waals surface area contributed by atoms with Gasteiger partial charge in [0.2, 0.25) is 0 Å². The van der Waals surface area contributed by atoms with Crippen LogP contribution in [0.25, 0.3) is 10.2 Å². The third-order valence-electron chi connectivity index (χ3n) is 5.10. The molecule has 1 saturated heterocycles. The molecule has 0 saturated carbocycles. The summed E-state index contributed by atoms with van der Waals surface area (Å²) in [6.45, 7) is 2.96. The molecule has 3 aromatic heterocycles. The minimum Gasteiger partial charge on any atom is -0.395 e. The van der Waals surface area contributed by atoms with Crippen molar-refractivity contribution in [1.82, 2.24) is 25.0 Å². The second-order valence-electron chi connectivity index (χ2n) is 6.85. The van der Waals surface area contributed by atoms with Crippen molar-refractivity contribution in [2.75, 3.05) is 26.2 Å². The average Bonchev–Trinajstić information content (AvgIpc) is 3.38. The summed E-state index contributed by atoms with van der Waals surface area (Å²) in [5, 5.41) is 17.1. The van der Waals surface area contributed by atoms with Crippen LogP contribution in [-0.2, 0) is 13.6 Å². The third-order valence-corrected chi connectivity index (χ3v) is 6.23. The van der Waals surface area contributed by atoms with Crippen LogP contribution >= 0.6 is 11.3 Å². The Bertz CT molecular complexity index is 951. The van der Waals surface area contributed by atoms with E-state index in [1.54, 1.807) is 6.20 Å². The van der Waals surface area contributed by atoms with Gasteiger partial charge in [0, 0.05) is 50.4 Å². The third kappa shape index (κ3) is 3.60. The number of pyridine rings is 1. The topological polar surface area (TPSA) is 83.3 Å². The summed E-state index contributed by atoms with van der Waals surface area (Å²) in [5.74, 6) is 0.179. The van der Waals surface area contributed by atoms with Crippen molar-refractivity contribution >= 4 is 27.5 Å². The Morgan fingerprint density at radius 3 is 3.07 bits per heavy atom. The molecule has 3 aromatic rings. The largest absolute Gasteiger partial charge is 0.395 e. The van der Waals surface area contributed by atoms with Gasteiger partial charge in [-0.15, -0.1) is 11.3 Å². The van der Waals surface area contributed by atoms with Crippen molar-refractivity contribution < 1.29 is 9.90 Å². The summed E-state index contributed by atoms with van der Waals surface area (Å²) in [6.07, 6.45) is 4.60. The molecule has 1 unspecified atom stereocenters. The first kappa shape index (κ1) is 18.1. The molecule has 1 atom stereocenters. The number of aromatic nitrogens is 3. The summed E-state index contributed by atoms with van der Waals surface area (Å²) in [5.41, 5.74) is 2.29. The summed E-state index contributed by atoms with van der Waals surface area (Å²) >= 11 is 1.44. The van der Waals surface area contributed by atoms with E-state index in [-0.39, 0.29) is 19.1 Å². The van der Waals surface area contributed by atoms with E-state index in [2.05, 4.69) is 26.4 Å². The monoisotopic (exact) mass is 385 g/mol.